The van der Waals surface area contributed by atoms with E-state index >= 15 is 0 Å². The minimum absolute atomic E-state index is 0.0898. The van der Waals surface area contributed by atoms with Gasteiger partial charge >= 0.3 is 5.97 Å². The largest absolute Gasteiger partial charge is 0.477 e. The normalized spacial score (nSPS) is 21.9. The third-order valence-corrected chi connectivity index (χ3v) is 3.73. The molecule has 1 N–H and O–H groups in total. The Kier molecular flexibility index (Phi) is 4.40. The van der Waals surface area contributed by atoms with Gasteiger partial charge in [-0.15, -0.1) is 0 Å². The zero-order chi connectivity index (χ0) is 14.8. The van der Waals surface area contributed by atoms with Crippen molar-refractivity contribution >= 4 is 5.97 Å². The molecule has 1 saturated heterocycles. The number of hydrogen-bond donors (Lipinski definition) is 1. The molecule has 0 saturated carbocycles. The van der Waals surface area contributed by atoms with Gasteiger partial charge in [-0.05, 0) is 45.9 Å². The molecule has 1 fully saturated rings. The van der Waals surface area contributed by atoms with Gasteiger partial charge in [0.2, 0.25) is 0 Å². The SMILES string of the molecule is CN(Cc1cccc(C(=O)O)n1)[C@H]1CCOC(C)(C)C1. The number of aromatic nitrogens is 1. The van der Waals surface area contributed by atoms with E-state index in [-0.39, 0.29) is 11.3 Å². The molecule has 0 bridgehead atoms. The van der Waals surface area contributed by atoms with E-state index < -0.39 is 5.97 Å². The van der Waals surface area contributed by atoms with Crippen LogP contribution in [-0.4, -0.2) is 46.3 Å². The van der Waals surface area contributed by atoms with Crippen LogP contribution < -0.4 is 0 Å². The molecule has 1 aromatic rings. The van der Waals surface area contributed by atoms with Gasteiger partial charge in [-0.3, -0.25) is 4.90 Å². The van der Waals surface area contributed by atoms with Gasteiger partial charge in [0.05, 0.1) is 11.3 Å². The fraction of sp³-hybridized carbons (Fsp3) is 0.600. The number of nitrogens with zero attached hydrogens (tertiary/aromatic N) is 2. The van der Waals surface area contributed by atoms with Crippen molar-refractivity contribution in [2.45, 2.75) is 44.9 Å². The van der Waals surface area contributed by atoms with Gasteiger partial charge in [0, 0.05) is 19.2 Å². The third kappa shape index (κ3) is 3.77. The van der Waals surface area contributed by atoms with E-state index in [1.165, 1.54) is 6.07 Å². The van der Waals surface area contributed by atoms with Gasteiger partial charge in [-0.25, -0.2) is 9.78 Å². The fourth-order valence-electron chi connectivity index (χ4n) is 2.65. The van der Waals surface area contributed by atoms with Gasteiger partial charge in [0.25, 0.3) is 0 Å². The number of carbonyl (C=O) groups is 1. The van der Waals surface area contributed by atoms with Crippen molar-refractivity contribution in [2.75, 3.05) is 13.7 Å². The van der Waals surface area contributed by atoms with Crippen LogP contribution in [0.25, 0.3) is 0 Å². The van der Waals surface area contributed by atoms with Gasteiger partial charge in [0.1, 0.15) is 5.69 Å². The van der Waals surface area contributed by atoms with E-state index in [0.29, 0.717) is 12.6 Å². The molecule has 0 radical (unpaired) electrons. The van der Waals surface area contributed by atoms with E-state index in [2.05, 4.69) is 30.8 Å². The second-order valence-electron chi connectivity index (χ2n) is 5.99. The minimum atomic E-state index is -0.985. The smallest absolute Gasteiger partial charge is 0.354 e. The molecule has 0 aliphatic carbocycles. The topological polar surface area (TPSA) is 62.7 Å². The standard InChI is InChI=1S/C15H22N2O3/c1-15(2)9-12(7-8-20-15)17(3)10-11-5-4-6-13(16-11)14(18)19/h4-6,12H,7-10H2,1-3H3,(H,18,19)/t12-/m0/s1. The molecule has 1 aliphatic heterocycles. The molecule has 110 valence electrons. The zero-order valence-corrected chi connectivity index (χ0v) is 12.3. The van der Waals surface area contributed by atoms with Crippen molar-refractivity contribution in [2.24, 2.45) is 0 Å². The van der Waals surface area contributed by atoms with Crippen molar-refractivity contribution in [1.29, 1.82) is 0 Å². The van der Waals surface area contributed by atoms with Crippen molar-refractivity contribution in [3.63, 3.8) is 0 Å². The minimum Gasteiger partial charge on any atom is -0.477 e. The summed E-state index contributed by atoms with van der Waals surface area (Å²) in [5.74, 6) is -0.985. The van der Waals surface area contributed by atoms with E-state index in [1.54, 1.807) is 6.07 Å². The molecule has 5 heteroatoms. The molecule has 0 aromatic carbocycles. The van der Waals surface area contributed by atoms with E-state index in [0.717, 1.165) is 25.1 Å². The molecule has 0 unspecified atom stereocenters. The number of carboxylic acids is 1. The monoisotopic (exact) mass is 278 g/mol. The predicted octanol–water partition coefficient (Wildman–Crippen LogP) is 2.17. The summed E-state index contributed by atoms with van der Waals surface area (Å²) in [6.45, 7) is 5.64. The molecular weight excluding hydrogens is 256 g/mol. The van der Waals surface area contributed by atoms with Gasteiger partial charge in [-0.1, -0.05) is 6.07 Å². The highest BCUT2D eigenvalue weighted by Gasteiger charge is 2.31. The maximum Gasteiger partial charge on any atom is 0.354 e. The number of rotatable bonds is 4. The lowest BCUT2D eigenvalue weighted by Gasteiger charge is -2.39. The van der Waals surface area contributed by atoms with Crippen LogP contribution in [0.2, 0.25) is 0 Å². The first-order chi connectivity index (χ1) is 9.37. The number of pyridine rings is 1. The van der Waals surface area contributed by atoms with E-state index in [1.807, 2.05) is 6.07 Å². The first kappa shape index (κ1) is 14.9. The number of ether oxygens (including phenoxy) is 1. The number of carboxylic acid groups (broad SMARTS) is 1. The highest BCUT2D eigenvalue weighted by atomic mass is 16.5. The summed E-state index contributed by atoms with van der Waals surface area (Å²) in [5, 5.41) is 8.97. The van der Waals surface area contributed by atoms with Crippen molar-refractivity contribution in [1.82, 2.24) is 9.88 Å². The molecule has 5 nitrogen and oxygen atoms in total. The lowest BCUT2D eigenvalue weighted by Crippen LogP contribution is -2.44. The quantitative estimate of drug-likeness (QED) is 0.914. The summed E-state index contributed by atoms with van der Waals surface area (Å²) >= 11 is 0. The zero-order valence-electron chi connectivity index (χ0n) is 12.3. The molecule has 2 rings (SSSR count). The van der Waals surface area contributed by atoms with Gasteiger partial charge < -0.3 is 9.84 Å². The average Bonchev–Trinajstić information content (AvgIpc) is 2.37. The lowest BCUT2D eigenvalue weighted by atomic mass is 9.93. The Morgan fingerprint density at radius 3 is 2.95 bits per heavy atom. The molecule has 2 heterocycles. The van der Waals surface area contributed by atoms with Crippen LogP contribution in [0.4, 0.5) is 0 Å². The molecule has 0 spiro atoms. The Morgan fingerprint density at radius 1 is 1.55 bits per heavy atom. The summed E-state index contributed by atoms with van der Waals surface area (Å²) in [7, 11) is 2.06. The Bertz CT molecular complexity index is 488. The predicted molar refractivity (Wildman–Crippen MR) is 75.7 cm³/mol. The Hall–Kier alpha value is -1.46. The van der Waals surface area contributed by atoms with Gasteiger partial charge in [0.15, 0.2) is 0 Å². The lowest BCUT2D eigenvalue weighted by molar-refractivity contribution is -0.0810. The Morgan fingerprint density at radius 2 is 2.30 bits per heavy atom. The Balaban J connectivity index is 2.02. The van der Waals surface area contributed by atoms with Crippen molar-refractivity contribution < 1.29 is 14.6 Å². The summed E-state index contributed by atoms with van der Waals surface area (Å²) in [5.41, 5.74) is 0.799. The fourth-order valence-corrected chi connectivity index (χ4v) is 2.65. The Labute approximate surface area is 119 Å². The van der Waals surface area contributed by atoms with Crippen LogP contribution in [0.15, 0.2) is 18.2 Å². The van der Waals surface area contributed by atoms with Crippen LogP contribution in [0, 0.1) is 0 Å². The number of hydrogen-bond acceptors (Lipinski definition) is 4. The molecule has 1 atom stereocenters. The van der Waals surface area contributed by atoms with Gasteiger partial charge in [-0.2, -0.15) is 0 Å². The first-order valence-electron chi connectivity index (χ1n) is 6.91. The molecule has 0 amide bonds. The van der Waals surface area contributed by atoms with Crippen LogP contribution in [0.3, 0.4) is 0 Å². The molecule has 20 heavy (non-hydrogen) atoms. The van der Waals surface area contributed by atoms with Crippen LogP contribution in [0.5, 0.6) is 0 Å². The molecule has 1 aliphatic rings. The van der Waals surface area contributed by atoms with Crippen molar-refractivity contribution in [3.05, 3.63) is 29.6 Å². The summed E-state index contributed by atoms with van der Waals surface area (Å²) in [6, 6.07) is 5.57. The average molecular weight is 278 g/mol. The summed E-state index contributed by atoms with van der Waals surface area (Å²) < 4.78 is 5.73. The second kappa shape index (κ2) is 5.89. The van der Waals surface area contributed by atoms with E-state index in [9.17, 15) is 4.79 Å². The second-order valence-corrected chi connectivity index (χ2v) is 5.99. The third-order valence-electron chi connectivity index (χ3n) is 3.73. The maximum atomic E-state index is 10.9. The summed E-state index contributed by atoms with van der Waals surface area (Å²) in [4.78, 5) is 17.3. The number of aromatic carboxylic acids is 1. The highest BCUT2D eigenvalue weighted by Crippen LogP contribution is 2.27. The maximum absolute atomic E-state index is 10.9. The van der Waals surface area contributed by atoms with Crippen LogP contribution in [-0.2, 0) is 11.3 Å². The molecular formula is C15H22N2O3. The molecule has 1 aromatic heterocycles. The summed E-state index contributed by atoms with van der Waals surface area (Å²) in [6.07, 6.45) is 1.97. The highest BCUT2D eigenvalue weighted by molar-refractivity contribution is 5.85. The van der Waals surface area contributed by atoms with E-state index in [4.69, 9.17) is 9.84 Å². The van der Waals surface area contributed by atoms with Crippen molar-refractivity contribution in [3.8, 4) is 0 Å². The van der Waals surface area contributed by atoms with Crippen LogP contribution in [0.1, 0.15) is 42.9 Å². The first-order valence-corrected chi connectivity index (χ1v) is 6.91. The van der Waals surface area contributed by atoms with Crippen LogP contribution >= 0.6 is 0 Å².